The lowest BCUT2D eigenvalue weighted by Gasteiger charge is -2.29. The molecule has 0 radical (unpaired) electrons. The molecule has 2 atom stereocenters. The molecule has 0 bridgehead atoms. The Hall–Kier alpha value is -1.63. The van der Waals surface area contributed by atoms with E-state index in [2.05, 4.69) is 0 Å². The third kappa shape index (κ3) is 6.89. The van der Waals surface area contributed by atoms with Crippen molar-refractivity contribution in [2.75, 3.05) is 6.54 Å². The van der Waals surface area contributed by atoms with Crippen molar-refractivity contribution in [2.24, 2.45) is 11.5 Å². The normalized spacial score (nSPS) is 14.3. The largest absolute Gasteiger partial charge is 0.444 e. The fourth-order valence-electron chi connectivity index (χ4n) is 1.98. The minimum Gasteiger partial charge on any atom is -0.444 e. The predicted molar refractivity (Wildman–Crippen MR) is 85.9 cm³/mol. The topological polar surface area (TPSA) is 102 Å². The Morgan fingerprint density at radius 3 is 2.36 bits per heavy atom. The maximum Gasteiger partial charge on any atom is 0.413 e. The van der Waals surface area contributed by atoms with Gasteiger partial charge in [-0.2, -0.15) is 0 Å². The number of nitrogens with two attached hydrogens (primary N) is 2. The molecule has 0 aromatic heterocycles. The summed E-state index contributed by atoms with van der Waals surface area (Å²) in [5.74, 6) is 0. The van der Waals surface area contributed by atoms with Gasteiger partial charge in [-0.05, 0) is 39.2 Å². The number of hydrogen-bond donors (Lipinski definition) is 3. The lowest BCUT2D eigenvalue weighted by Crippen LogP contribution is -2.49. The first-order valence-corrected chi connectivity index (χ1v) is 7.42. The molecule has 1 aromatic carbocycles. The van der Waals surface area contributed by atoms with Crippen LogP contribution in [0.5, 0.6) is 0 Å². The van der Waals surface area contributed by atoms with E-state index in [-0.39, 0.29) is 12.6 Å². The zero-order valence-corrected chi connectivity index (χ0v) is 13.5. The molecule has 0 saturated carbocycles. The van der Waals surface area contributed by atoms with Crippen molar-refractivity contribution in [2.45, 2.75) is 51.6 Å². The van der Waals surface area contributed by atoms with Gasteiger partial charge in [-0.1, -0.05) is 30.3 Å². The molecule has 5 N–H and O–H groups in total. The van der Waals surface area contributed by atoms with Crippen LogP contribution in [0.2, 0.25) is 0 Å². The van der Waals surface area contributed by atoms with Crippen LogP contribution in [-0.2, 0) is 11.2 Å². The van der Waals surface area contributed by atoms with Gasteiger partial charge in [-0.3, -0.25) is 10.6 Å². The molecule has 124 valence electrons. The molecular formula is C16H27N3O3. The number of carbonyl (C=O) groups is 1. The van der Waals surface area contributed by atoms with Gasteiger partial charge in [0, 0.05) is 12.6 Å². The van der Waals surface area contributed by atoms with E-state index in [1.165, 1.54) is 0 Å². The molecule has 0 fully saturated rings. The molecular weight excluding hydrogens is 282 g/mol. The first-order chi connectivity index (χ1) is 10.2. The van der Waals surface area contributed by atoms with Crippen molar-refractivity contribution in [3.05, 3.63) is 35.9 Å². The van der Waals surface area contributed by atoms with Crippen molar-refractivity contribution in [3.8, 4) is 0 Å². The Morgan fingerprint density at radius 2 is 1.86 bits per heavy atom. The van der Waals surface area contributed by atoms with Gasteiger partial charge in [0.25, 0.3) is 0 Å². The number of aliphatic hydroxyl groups excluding tert-OH is 1. The van der Waals surface area contributed by atoms with Crippen molar-refractivity contribution < 1.29 is 14.6 Å². The second-order valence-corrected chi connectivity index (χ2v) is 6.33. The van der Waals surface area contributed by atoms with E-state index >= 15 is 0 Å². The molecule has 0 unspecified atom stereocenters. The highest BCUT2D eigenvalue weighted by atomic mass is 16.6. The Bertz CT molecular complexity index is 457. The smallest absolute Gasteiger partial charge is 0.413 e. The van der Waals surface area contributed by atoms with Crippen LogP contribution in [0.3, 0.4) is 0 Å². The highest BCUT2D eigenvalue weighted by molar-refractivity contribution is 5.68. The van der Waals surface area contributed by atoms with E-state index in [4.69, 9.17) is 16.2 Å². The summed E-state index contributed by atoms with van der Waals surface area (Å²) in [6, 6.07) is 9.74. The highest BCUT2D eigenvalue weighted by Crippen LogP contribution is 2.12. The molecule has 0 heterocycles. The van der Waals surface area contributed by atoms with E-state index in [0.29, 0.717) is 12.8 Å². The van der Waals surface area contributed by atoms with Crippen LogP contribution in [0.1, 0.15) is 32.8 Å². The monoisotopic (exact) mass is 309 g/mol. The summed E-state index contributed by atoms with van der Waals surface area (Å²) in [4.78, 5) is 13.1. The predicted octanol–water partition coefficient (Wildman–Crippen LogP) is 1.42. The summed E-state index contributed by atoms with van der Waals surface area (Å²) in [6.45, 7) is 5.51. The second kappa shape index (κ2) is 8.12. The summed E-state index contributed by atoms with van der Waals surface area (Å²) in [5.41, 5.74) is 12.0. The molecule has 0 saturated heterocycles. The third-order valence-corrected chi connectivity index (χ3v) is 3.03. The Labute approximate surface area is 132 Å². The average Bonchev–Trinajstić information content (AvgIpc) is 2.37. The number of carbonyl (C=O) groups excluding carboxylic acids is 1. The molecule has 22 heavy (non-hydrogen) atoms. The Morgan fingerprint density at radius 1 is 1.27 bits per heavy atom. The lowest BCUT2D eigenvalue weighted by molar-refractivity contribution is -0.0283. The van der Waals surface area contributed by atoms with E-state index in [1.54, 1.807) is 20.8 Å². The van der Waals surface area contributed by atoms with Crippen LogP contribution in [0.15, 0.2) is 30.3 Å². The standard InChI is InChI=1S/C16H27N3O3/c1-16(2,3)22-15(21)19(14(18)20)10-9-13(17)11-12-7-5-4-6-8-12/h4-8,13-14,20H,9-11,17-18H2,1-3H3/t13-,14+/m1/s1. The van der Waals surface area contributed by atoms with Crippen LogP contribution < -0.4 is 11.5 Å². The number of nitrogens with zero attached hydrogens (tertiary/aromatic N) is 1. The molecule has 6 nitrogen and oxygen atoms in total. The van der Waals surface area contributed by atoms with Gasteiger partial charge >= 0.3 is 6.09 Å². The number of hydrogen-bond acceptors (Lipinski definition) is 5. The van der Waals surface area contributed by atoms with Gasteiger partial charge in [0.1, 0.15) is 5.60 Å². The first-order valence-electron chi connectivity index (χ1n) is 7.42. The van der Waals surface area contributed by atoms with Crippen LogP contribution in [-0.4, -0.2) is 40.6 Å². The van der Waals surface area contributed by atoms with Crippen molar-refractivity contribution in [1.29, 1.82) is 0 Å². The van der Waals surface area contributed by atoms with Gasteiger partial charge in [0.15, 0.2) is 6.35 Å². The van der Waals surface area contributed by atoms with Crippen molar-refractivity contribution >= 4 is 6.09 Å². The molecule has 0 aliphatic carbocycles. The molecule has 0 spiro atoms. The third-order valence-electron chi connectivity index (χ3n) is 3.03. The van der Waals surface area contributed by atoms with Crippen LogP contribution in [0, 0.1) is 0 Å². The van der Waals surface area contributed by atoms with Crippen LogP contribution >= 0.6 is 0 Å². The van der Waals surface area contributed by atoms with Gasteiger partial charge in [0.05, 0.1) is 0 Å². The molecule has 6 heteroatoms. The summed E-state index contributed by atoms with van der Waals surface area (Å²) in [7, 11) is 0. The summed E-state index contributed by atoms with van der Waals surface area (Å²) in [6.07, 6.45) is -0.834. The fourth-order valence-corrected chi connectivity index (χ4v) is 1.98. The van der Waals surface area contributed by atoms with Crippen LogP contribution in [0.4, 0.5) is 4.79 Å². The number of ether oxygens (including phenoxy) is 1. The first kappa shape index (κ1) is 18.4. The Balaban J connectivity index is 2.52. The van der Waals surface area contributed by atoms with Gasteiger partial charge in [0.2, 0.25) is 0 Å². The SMILES string of the molecule is CC(C)(C)OC(=O)N(CC[C@@H](N)Cc1ccccc1)[C@H](N)O. The quantitative estimate of drug-likeness (QED) is 0.690. The maximum absolute atomic E-state index is 12.0. The second-order valence-electron chi connectivity index (χ2n) is 6.33. The minimum absolute atomic E-state index is 0.133. The maximum atomic E-state index is 12.0. The lowest BCUT2D eigenvalue weighted by atomic mass is 10.0. The molecule has 1 rings (SSSR count). The summed E-state index contributed by atoms with van der Waals surface area (Å²) < 4.78 is 5.22. The van der Waals surface area contributed by atoms with Crippen LogP contribution in [0.25, 0.3) is 0 Å². The number of benzene rings is 1. The molecule has 1 amide bonds. The van der Waals surface area contributed by atoms with Crippen molar-refractivity contribution in [1.82, 2.24) is 4.90 Å². The van der Waals surface area contributed by atoms with Crippen molar-refractivity contribution in [3.63, 3.8) is 0 Å². The number of amides is 1. The summed E-state index contributed by atoms with van der Waals surface area (Å²) in [5, 5.41) is 9.54. The van der Waals surface area contributed by atoms with E-state index in [0.717, 1.165) is 10.5 Å². The van der Waals surface area contributed by atoms with Gasteiger partial charge < -0.3 is 15.6 Å². The number of aliphatic hydroxyl groups is 1. The summed E-state index contributed by atoms with van der Waals surface area (Å²) >= 11 is 0. The van der Waals surface area contributed by atoms with E-state index in [9.17, 15) is 9.90 Å². The molecule has 1 aromatic rings. The minimum atomic E-state index is -1.40. The molecule has 0 aliphatic heterocycles. The Kier molecular flexibility index (Phi) is 6.80. The zero-order valence-electron chi connectivity index (χ0n) is 13.5. The zero-order chi connectivity index (χ0) is 16.8. The van der Waals surface area contributed by atoms with Gasteiger partial charge in [-0.15, -0.1) is 0 Å². The van der Waals surface area contributed by atoms with Gasteiger partial charge in [-0.25, -0.2) is 4.79 Å². The number of rotatable bonds is 6. The van der Waals surface area contributed by atoms with E-state index in [1.807, 2.05) is 30.3 Å². The average molecular weight is 309 g/mol. The fraction of sp³-hybridized carbons (Fsp3) is 0.562. The highest BCUT2D eigenvalue weighted by Gasteiger charge is 2.25. The van der Waals surface area contributed by atoms with E-state index < -0.39 is 18.0 Å². The molecule has 0 aliphatic rings.